The van der Waals surface area contributed by atoms with Gasteiger partial charge >= 0.3 is 6.70 Å². The summed E-state index contributed by atoms with van der Waals surface area (Å²) in [5.41, 5.74) is 0. The van der Waals surface area contributed by atoms with Crippen LogP contribution in [0.5, 0.6) is 0 Å². The molecule has 0 radical (unpaired) electrons. The van der Waals surface area contributed by atoms with E-state index in [2.05, 4.69) is 29.1 Å². The Morgan fingerprint density at radius 2 is 1.55 bits per heavy atom. The van der Waals surface area contributed by atoms with Gasteiger partial charge in [0.25, 0.3) is 0 Å². The maximum Gasteiger partial charge on any atom is 0.377 e. The predicted molar refractivity (Wildman–Crippen MR) is 57.1 cm³/mol. The summed E-state index contributed by atoms with van der Waals surface area (Å²) in [6, 6.07) is 0. The van der Waals surface area contributed by atoms with Crippen LogP contribution >= 0.6 is 15.3 Å². The summed E-state index contributed by atoms with van der Waals surface area (Å²) < 4.78 is 11.2. The van der Waals surface area contributed by atoms with Crippen molar-refractivity contribution in [3.8, 4) is 0 Å². The first-order valence-electron chi connectivity index (χ1n) is 4.09. The minimum atomic E-state index is -1.79. The topological polar surface area (TPSA) is 18.5 Å². The van der Waals surface area contributed by atoms with Crippen LogP contribution in [0.25, 0.3) is 0 Å². The fraction of sp³-hybridized carbons (Fsp3) is 1.00. The van der Waals surface area contributed by atoms with Crippen LogP contribution in [-0.2, 0) is 8.85 Å². The Morgan fingerprint density at radius 1 is 1.18 bits per heavy atom. The van der Waals surface area contributed by atoms with Gasteiger partial charge in [0.2, 0.25) is 0 Å². The van der Waals surface area contributed by atoms with Crippen LogP contribution in [-0.4, -0.2) is 29.7 Å². The van der Waals surface area contributed by atoms with Gasteiger partial charge in [-0.15, -0.1) is 0 Å². The molecule has 0 aliphatic heterocycles. The lowest BCUT2D eigenvalue weighted by Crippen LogP contribution is -2.37. The van der Waals surface area contributed by atoms with Crippen LogP contribution in [0, 0.1) is 0 Å². The molecule has 68 valence electrons. The second-order valence-corrected chi connectivity index (χ2v) is 17.4. The van der Waals surface area contributed by atoms with E-state index < -0.39 is 6.70 Å². The van der Waals surface area contributed by atoms with Crippen LogP contribution in [0.1, 0.15) is 26.7 Å². The summed E-state index contributed by atoms with van der Waals surface area (Å²) in [7, 11) is 0.988. The molecule has 0 aliphatic carbocycles. The normalized spacial score (nSPS) is 12.3. The van der Waals surface area contributed by atoms with Crippen molar-refractivity contribution < 1.29 is 8.85 Å². The fourth-order valence-electron chi connectivity index (χ4n) is 0.610. The van der Waals surface area contributed by atoms with Crippen molar-refractivity contribution in [2.45, 2.75) is 26.7 Å². The Hall–Kier alpha value is 0.834. The first-order valence-corrected chi connectivity index (χ1v) is 11.7. The highest BCUT2D eigenvalue weighted by molar-refractivity contribution is 9.26. The summed E-state index contributed by atoms with van der Waals surface area (Å²) >= 11 is 3.54. The molecule has 0 aromatic rings. The molecule has 0 aromatic carbocycles. The molecule has 0 saturated carbocycles. The highest BCUT2D eigenvalue weighted by Crippen LogP contribution is 2.11. The molecule has 11 heavy (non-hydrogen) atoms. The highest BCUT2D eigenvalue weighted by Gasteiger charge is 2.25. The third-order valence-corrected chi connectivity index (χ3v) is 5.67. The van der Waals surface area contributed by atoms with Gasteiger partial charge in [-0.25, -0.2) is 0 Å². The first-order chi connectivity index (χ1) is 5.12. The molecule has 2 nitrogen and oxygen atoms in total. The number of halogens is 1. The second-order valence-electron chi connectivity index (χ2n) is 2.53. The Labute approximate surface area is 80.7 Å². The average Bonchev–Trinajstić information content (AvgIpc) is 1.97. The lowest BCUT2D eigenvalue weighted by molar-refractivity contribution is 0.207. The monoisotopic (exact) mass is 256 g/mol. The second kappa shape index (κ2) is 6.36. The van der Waals surface area contributed by atoms with Gasteiger partial charge in [0.15, 0.2) is 0 Å². The van der Waals surface area contributed by atoms with Crippen LogP contribution in [0.4, 0.5) is 0 Å². The van der Waals surface area contributed by atoms with E-state index in [4.69, 9.17) is 8.85 Å². The minimum Gasteiger partial charge on any atom is -0.390 e. The molecule has 0 heterocycles. The molecule has 0 fully saturated rings. The van der Waals surface area contributed by atoms with Gasteiger partial charge in [0, 0.05) is 13.2 Å². The van der Waals surface area contributed by atoms with Crippen molar-refractivity contribution in [2.24, 2.45) is 0 Å². The average molecular weight is 257 g/mol. The summed E-state index contributed by atoms with van der Waals surface area (Å²) in [5, 5.41) is 0. The Kier molecular flexibility index (Phi) is 6.84. The van der Waals surface area contributed by atoms with E-state index in [9.17, 15) is 0 Å². The zero-order valence-corrected chi connectivity index (χ0v) is 12.1. The third-order valence-electron chi connectivity index (χ3n) is 1.13. The summed E-state index contributed by atoms with van der Waals surface area (Å²) in [5.74, 6) is 0. The zero-order valence-electron chi connectivity index (χ0n) is 7.52. The maximum atomic E-state index is 5.58. The molecule has 0 aliphatic rings. The fourth-order valence-corrected chi connectivity index (χ4v) is 4.03. The van der Waals surface area contributed by atoms with E-state index in [1.54, 1.807) is 0 Å². The number of hydrogen-bond acceptors (Lipinski definition) is 2. The van der Waals surface area contributed by atoms with E-state index in [0.717, 1.165) is 35.8 Å². The van der Waals surface area contributed by atoms with E-state index in [-0.39, 0.29) is 0 Å². The van der Waals surface area contributed by atoms with Gasteiger partial charge in [-0.05, 0) is 12.8 Å². The molecule has 0 amide bonds. The van der Waals surface area contributed by atoms with E-state index in [1.807, 2.05) is 0 Å². The van der Waals surface area contributed by atoms with Gasteiger partial charge in [0.1, 0.15) is 0 Å². The molecule has 0 atom stereocenters. The standard InChI is InChI=1S/C6H17BrO2Si2/c1-3-5-8-11(7,10)9-6-4-2/h3-6H2,1-2,10H3. The van der Waals surface area contributed by atoms with Crippen molar-refractivity contribution in [2.75, 3.05) is 13.2 Å². The van der Waals surface area contributed by atoms with Crippen LogP contribution < -0.4 is 0 Å². The van der Waals surface area contributed by atoms with Crippen molar-refractivity contribution in [1.29, 1.82) is 0 Å². The van der Waals surface area contributed by atoms with Gasteiger partial charge in [0.05, 0.1) is 9.76 Å². The zero-order chi connectivity index (χ0) is 8.74. The molecule has 0 bridgehead atoms. The summed E-state index contributed by atoms with van der Waals surface area (Å²) in [4.78, 5) is 0. The summed E-state index contributed by atoms with van der Waals surface area (Å²) in [6.45, 7) is 4.07. The molecule has 5 heteroatoms. The third kappa shape index (κ3) is 7.20. The smallest absolute Gasteiger partial charge is 0.377 e. The van der Waals surface area contributed by atoms with Gasteiger partial charge in [-0.1, -0.05) is 29.1 Å². The molecule has 0 aromatic heterocycles. The molecular formula is C6H17BrO2Si2. The Morgan fingerprint density at radius 3 is 1.82 bits per heavy atom. The quantitative estimate of drug-likeness (QED) is 0.523. The van der Waals surface area contributed by atoms with Crippen LogP contribution in [0.3, 0.4) is 0 Å². The molecule has 0 unspecified atom stereocenters. The van der Waals surface area contributed by atoms with Gasteiger partial charge in [-0.2, -0.15) is 0 Å². The van der Waals surface area contributed by atoms with E-state index >= 15 is 0 Å². The predicted octanol–water partition coefficient (Wildman–Crippen LogP) is 1.04. The lowest BCUT2D eigenvalue weighted by atomic mass is 10.5. The first kappa shape index (κ1) is 11.8. The van der Waals surface area contributed by atoms with E-state index in [0.29, 0.717) is 0 Å². The number of hydrogen-bond donors (Lipinski definition) is 0. The van der Waals surface area contributed by atoms with Crippen molar-refractivity contribution in [3.05, 3.63) is 0 Å². The maximum absolute atomic E-state index is 5.58. The van der Waals surface area contributed by atoms with Crippen LogP contribution in [0.15, 0.2) is 0 Å². The molecule has 0 spiro atoms. The SMILES string of the molecule is CCCO[Si]([SiH3])(Br)OCCC. The van der Waals surface area contributed by atoms with Crippen molar-refractivity contribution in [1.82, 2.24) is 0 Å². The largest absolute Gasteiger partial charge is 0.390 e. The highest BCUT2D eigenvalue weighted by atomic mass is 79.9. The van der Waals surface area contributed by atoms with Crippen LogP contribution in [0.2, 0.25) is 0 Å². The van der Waals surface area contributed by atoms with Gasteiger partial charge in [-0.3, -0.25) is 0 Å². The molecule has 0 rings (SSSR count). The minimum absolute atomic E-state index is 0.824. The van der Waals surface area contributed by atoms with Crippen molar-refractivity contribution in [3.63, 3.8) is 0 Å². The van der Waals surface area contributed by atoms with Gasteiger partial charge < -0.3 is 8.85 Å². The van der Waals surface area contributed by atoms with Crippen molar-refractivity contribution >= 4 is 31.8 Å². The molecule has 0 N–H and O–H groups in total. The molecule has 0 saturated heterocycles. The van der Waals surface area contributed by atoms with E-state index in [1.165, 1.54) is 0 Å². The molecular weight excluding hydrogens is 240 g/mol. The Bertz CT molecular complexity index is 90.6. The lowest BCUT2D eigenvalue weighted by Gasteiger charge is -2.20. The number of rotatable bonds is 6. The Balaban J connectivity index is 3.43. The summed E-state index contributed by atoms with van der Waals surface area (Å²) in [6.07, 6.45) is 2.14.